The Hall–Kier alpha value is -0.680. The lowest BCUT2D eigenvalue weighted by molar-refractivity contribution is 0.222. The standard InChI is InChI=1S/C17H11Br3O/c18-11-7-10(8-12(19)9-11)17(21)15-5-6-16(20)14-4-2-1-3-13(14)15/h1-9,17,21H. The average molecular weight is 471 g/mol. The Morgan fingerprint density at radius 1 is 0.762 bits per heavy atom. The van der Waals surface area contributed by atoms with Gasteiger partial charge in [-0.25, -0.2) is 0 Å². The van der Waals surface area contributed by atoms with Crippen molar-refractivity contribution in [2.45, 2.75) is 6.10 Å². The second kappa shape index (κ2) is 6.21. The molecule has 0 aromatic heterocycles. The van der Waals surface area contributed by atoms with Crippen molar-refractivity contribution >= 4 is 58.6 Å². The molecular formula is C17H11Br3O. The van der Waals surface area contributed by atoms with Gasteiger partial charge < -0.3 is 5.11 Å². The lowest BCUT2D eigenvalue weighted by Crippen LogP contribution is -2.01. The monoisotopic (exact) mass is 468 g/mol. The molecule has 21 heavy (non-hydrogen) atoms. The Morgan fingerprint density at radius 3 is 2.05 bits per heavy atom. The SMILES string of the molecule is OC(c1cc(Br)cc(Br)c1)c1ccc(Br)c2ccccc12. The quantitative estimate of drug-likeness (QED) is 0.472. The molecule has 0 bridgehead atoms. The molecule has 0 heterocycles. The van der Waals surface area contributed by atoms with Crippen LogP contribution in [0.15, 0.2) is 68.0 Å². The summed E-state index contributed by atoms with van der Waals surface area (Å²) in [4.78, 5) is 0. The van der Waals surface area contributed by atoms with Crippen molar-refractivity contribution in [1.82, 2.24) is 0 Å². The van der Waals surface area contributed by atoms with Crippen LogP contribution in [0, 0.1) is 0 Å². The molecule has 1 atom stereocenters. The summed E-state index contributed by atoms with van der Waals surface area (Å²) in [5.74, 6) is 0. The highest BCUT2D eigenvalue weighted by Crippen LogP contribution is 2.34. The number of fused-ring (bicyclic) bond motifs is 1. The van der Waals surface area contributed by atoms with E-state index in [1.54, 1.807) is 0 Å². The van der Waals surface area contributed by atoms with Gasteiger partial charge in [0.15, 0.2) is 0 Å². The van der Waals surface area contributed by atoms with Gasteiger partial charge in [0.05, 0.1) is 0 Å². The van der Waals surface area contributed by atoms with E-state index in [2.05, 4.69) is 47.8 Å². The summed E-state index contributed by atoms with van der Waals surface area (Å²) in [5, 5.41) is 12.9. The van der Waals surface area contributed by atoms with Gasteiger partial charge in [-0.3, -0.25) is 0 Å². The second-order valence-electron chi connectivity index (χ2n) is 4.79. The number of rotatable bonds is 2. The Balaban J connectivity index is 2.18. The Kier molecular flexibility index (Phi) is 4.50. The molecule has 1 nitrogen and oxygen atoms in total. The van der Waals surface area contributed by atoms with Crippen LogP contribution in [0.4, 0.5) is 0 Å². The van der Waals surface area contributed by atoms with E-state index < -0.39 is 6.10 Å². The normalized spacial score (nSPS) is 12.6. The highest BCUT2D eigenvalue weighted by molar-refractivity contribution is 9.11. The average Bonchev–Trinajstić information content (AvgIpc) is 2.46. The van der Waals surface area contributed by atoms with Crippen LogP contribution in [0.2, 0.25) is 0 Å². The summed E-state index contributed by atoms with van der Waals surface area (Å²) in [5.41, 5.74) is 1.75. The van der Waals surface area contributed by atoms with Crippen LogP contribution in [0.25, 0.3) is 10.8 Å². The van der Waals surface area contributed by atoms with Crippen LogP contribution in [-0.2, 0) is 0 Å². The fraction of sp³-hybridized carbons (Fsp3) is 0.0588. The molecule has 0 aliphatic rings. The van der Waals surface area contributed by atoms with E-state index in [0.717, 1.165) is 35.3 Å². The topological polar surface area (TPSA) is 20.2 Å². The van der Waals surface area contributed by atoms with E-state index in [1.807, 2.05) is 54.6 Å². The van der Waals surface area contributed by atoms with Crippen molar-refractivity contribution < 1.29 is 5.11 Å². The highest BCUT2D eigenvalue weighted by Gasteiger charge is 2.15. The van der Waals surface area contributed by atoms with Gasteiger partial charge in [-0.2, -0.15) is 0 Å². The zero-order valence-corrected chi connectivity index (χ0v) is 15.6. The maximum atomic E-state index is 10.8. The van der Waals surface area contributed by atoms with Crippen molar-refractivity contribution in [3.8, 4) is 0 Å². The van der Waals surface area contributed by atoms with Crippen LogP contribution in [0.3, 0.4) is 0 Å². The highest BCUT2D eigenvalue weighted by atomic mass is 79.9. The van der Waals surface area contributed by atoms with Crippen LogP contribution in [-0.4, -0.2) is 5.11 Å². The molecule has 0 saturated heterocycles. The minimum absolute atomic E-state index is 0.670. The first-order chi connectivity index (χ1) is 10.1. The number of hydrogen-bond acceptors (Lipinski definition) is 1. The van der Waals surface area contributed by atoms with E-state index in [1.165, 1.54) is 0 Å². The molecule has 1 N–H and O–H groups in total. The summed E-state index contributed by atoms with van der Waals surface area (Å²) in [7, 11) is 0. The predicted molar refractivity (Wildman–Crippen MR) is 97.6 cm³/mol. The third-order valence-corrected chi connectivity index (χ3v) is 5.01. The molecule has 0 saturated carbocycles. The van der Waals surface area contributed by atoms with Crippen molar-refractivity contribution in [2.75, 3.05) is 0 Å². The lowest BCUT2D eigenvalue weighted by atomic mass is 9.96. The second-order valence-corrected chi connectivity index (χ2v) is 7.47. The number of aliphatic hydroxyl groups excluding tert-OH is 1. The first-order valence-electron chi connectivity index (χ1n) is 6.37. The maximum Gasteiger partial charge on any atom is 0.105 e. The van der Waals surface area contributed by atoms with Crippen LogP contribution in [0.5, 0.6) is 0 Å². The summed E-state index contributed by atoms with van der Waals surface area (Å²) < 4.78 is 2.91. The largest absolute Gasteiger partial charge is 0.384 e. The summed E-state index contributed by atoms with van der Waals surface area (Å²) in [6, 6.07) is 17.8. The Labute approximate surface area is 148 Å². The van der Waals surface area contributed by atoms with Crippen molar-refractivity contribution in [3.05, 3.63) is 79.1 Å². The number of hydrogen-bond donors (Lipinski definition) is 1. The lowest BCUT2D eigenvalue weighted by Gasteiger charge is -2.16. The van der Waals surface area contributed by atoms with Crippen LogP contribution < -0.4 is 0 Å². The first kappa shape index (κ1) is 15.2. The third kappa shape index (κ3) is 3.09. The molecule has 3 aromatic carbocycles. The molecule has 0 amide bonds. The minimum atomic E-state index is -0.670. The van der Waals surface area contributed by atoms with E-state index in [9.17, 15) is 5.11 Å². The van der Waals surface area contributed by atoms with Gasteiger partial charge in [0.2, 0.25) is 0 Å². The van der Waals surface area contributed by atoms with Crippen molar-refractivity contribution in [3.63, 3.8) is 0 Å². The first-order valence-corrected chi connectivity index (χ1v) is 8.75. The third-order valence-electron chi connectivity index (χ3n) is 3.40. The fourth-order valence-corrected chi connectivity index (χ4v) is 4.24. The predicted octanol–water partition coefficient (Wildman–Crippen LogP) is 6.21. The molecule has 3 rings (SSSR count). The molecule has 0 aliphatic heterocycles. The Bertz CT molecular complexity index is 794. The van der Waals surface area contributed by atoms with Gasteiger partial charge in [-0.05, 0) is 46.2 Å². The van der Waals surface area contributed by atoms with Gasteiger partial charge in [0.25, 0.3) is 0 Å². The van der Waals surface area contributed by atoms with E-state index in [0.29, 0.717) is 0 Å². The molecule has 0 spiro atoms. The smallest absolute Gasteiger partial charge is 0.105 e. The molecule has 0 fully saturated rings. The summed E-state index contributed by atoms with van der Waals surface area (Å²) >= 11 is 10.5. The van der Waals surface area contributed by atoms with Crippen LogP contribution in [0.1, 0.15) is 17.2 Å². The summed E-state index contributed by atoms with van der Waals surface area (Å²) in [6.07, 6.45) is -0.670. The number of halogens is 3. The molecule has 4 heteroatoms. The number of aliphatic hydroxyl groups is 1. The van der Waals surface area contributed by atoms with E-state index in [4.69, 9.17) is 0 Å². The van der Waals surface area contributed by atoms with E-state index in [-0.39, 0.29) is 0 Å². The fourth-order valence-electron chi connectivity index (χ4n) is 2.44. The van der Waals surface area contributed by atoms with Crippen molar-refractivity contribution in [1.29, 1.82) is 0 Å². The van der Waals surface area contributed by atoms with Gasteiger partial charge in [-0.1, -0.05) is 78.1 Å². The van der Waals surface area contributed by atoms with Gasteiger partial charge in [-0.15, -0.1) is 0 Å². The van der Waals surface area contributed by atoms with Gasteiger partial charge >= 0.3 is 0 Å². The minimum Gasteiger partial charge on any atom is -0.384 e. The molecule has 0 aliphatic carbocycles. The molecule has 1 unspecified atom stereocenters. The van der Waals surface area contributed by atoms with Crippen molar-refractivity contribution in [2.24, 2.45) is 0 Å². The number of benzene rings is 3. The molecule has 106 valence electrons. The molecule has 0 radical (unpaired) electrons. The van der Waals surface area contributed by atoms with Crippen LogP contribution >= 0.6 is 47.8 Å². The molecular weight excluding hydrogens is 460 g/mol. The summed E-state index contributed by atoms with van der Waals surface area (Å²) in [6.45, 7) is 0. The Morgan fingerprint density at radius 2 is 1.38 bits per heavy atom. The van der Waals surface area contributed by atoms with E-state index >= 15 is 0 Å². The van der Waals surface area contributed by atoms with Gasteiger partial charge in [0.1, 0.15) is 6.10 Å². The molecule has 3 aromatic rings. The maximum absolute atomic E-state index is 10.8. The zero-order valence-electron chi connectivity index (χ0n) is 10.9. The van der Waals surface area contributed by atoms with Gasteiger partial charge in [0, 0.05) is 13.4 Å². The zero-order chi connectivity index (χ0) is 15.0.